The molecule has 5 aliphatic rings. The highest BCUT2D eigenvalue weighted by Gasteiger charge is 2.60. The molecule has 0 amide bonds. The predicted octanol–water partition coefficient (Wildman–Crippen LogP) is 4.06. The number of hydrogen-bond acceptors (Lipinski definition) is 9. The number of aliphatic hydroxyl groups excluding tert-OH is 3. The molecule has 4 aliphatic heterocycles. The highest BCUT2D eigenvalue weighted by molar-refractivity contribution is 5.78. The summed E-state index contributed by atoms with van der Waals surface area (Å²) in [4.78, 5) is 14.1. The smallest absolute Gasteiger partial charge is 0.316 e. The summed E-state index contributed by atoms with van der Waals surface area (Å²) in [5.41, 5.74) is 1.30. The van der Waals surface area contributed by atoms with Gasteiger partial charge in [-0.15, -0.1) is 0 Å². The number of aliphatic hydroxyl groups is 4. The molecular formula is C36H52O9. The van der Waals surface area contributed by atoms with Crippen LogP contribution in [0.5, 0.6) is 0 Å². The minimum Gasteiger partial charge on any atom is -0.462 e. The monoisotopic (exact) mass is 628 g/mol. The van der Waals surface area contributed by atoms with Crippen molar-refractivity contribution < 1.29 is 44.2 Å². The first-order valence-electron chi connectivity index (χ1n) is 16.5. The lowest BCUT2D eigenvalue weighted by molar-refractivity contribution is -0.342. The third-order valence-corrected chi connectivity index (χ3v) is 10.2. The Bertz CT molecular complexity index is 1260. The first kappa shape index (κ1) is 34.2. The standard InChI is InChI=1S/C36H52O9/c1-20(2)12-23(5)32-24(6)30(38)17-35(45-32)16-28-15-27(44-35)11-10-21(3)13-25(18-37)8-7-9-26-19-42-33-31(39)22(4)14-29(34(40)43-28)36(26,33)41/h7-10,12,14,20,24-25,27-33,37-39,41H,11,13,15-19H2,1-6H3/b8-7+,21-10+,23-12+,26-9+/t24-,25-,27+,28-,29-,30-,31+,32+,33+,35-,36+/m0/s1. The van der Waals surface area contributed by atoms with E-state index in [0.29, 0.717) is 36.3 Å². The minimum atomic E-state index is -1.80. The van der Waals surface area contributed by atoms with Crippen molar-refractivity contribution in [1.29, 1.82) is 0 Å². The molecule has 0 radical (unpaired) electrons. The molecule has 0 aromatic carbocycles. The van der Waals surface area contributed by atoms with Crippen LogP contribution in [0.4, 0.5) is 0 Å². The quantitative estimate of drug-likeness (QED) is 0.270. The van der Waals surface area contributed by atoms with E-state index in [4.69, 9.17) is 18.9 Å². The topological polar surface area (TPSA) is 135 Å². The second kappa shape index (κ2) is 13.6. The Kier molecular flexibility index (Phi) is 10.3. The van der Waals surface area contributed by atoms with Crippen molar-refractivity contribution >= 4 is 5.97 Å². The van der Waals surface area contributed by atoms with E-state index in [9.17, 15) is 25.2 Å². The van der Waals surface area contributed by atoms with E-state index in [0.717, 1.165) is 11.1 Å². The zero-order chi connectivity index (χ0) is 32.7. The van der Waals surface area contributed by atoms with Gasteiger partial charge < -0.3 is 39.4 Å². The largest absolute Gasteiger partial charge is 0.462 e. The summed E-state index contributed by atoms with van der Waals surface area (Å²) in [6.45, 7) is 11.9. The minimum absolute atomic E-state index is 0.0488. The summed E-state index contributed by atoms with van der Waals surface area (Å²) < 4.78 is 25.6. The van der Waals surface area contributed by atoms with Crippen molar-refractivity contribution in [3.05, 3.63) is 58.7 Å². The molecule has 4 heterocycles. The fraction of sp³-hybridized carbons (Fsp3) is 0.694. The number of rotatable bonds is 3. The second-order valence-electron chi connectivity index (χ2n) is 14.4. The molecule has 250 valence electrons. The predicted molar refractivity (Wildman–Crippen MR) is 169 cm³/mol. The van der Waals surface area contributed by atoms with E-state index in [1.807, 2.05) is 26.8 Å². The van der Waals surface area contributed by atoms with E-state index in [1.54, 1.807) is 25.2 Å². The van der Waals surface area contributed by atoms with Gasteiger partial charge in [-0.3, -0.25) is 4.79 Å². The van der Waals surface area contributed by atoms with Crippen LogP contribution in [-0.4, -0.2) is 87.6 Å². The summed E-state index contributed by atoms with van der Waals surface area (Å²) >= 11 is 0. The van der Waals surface area contributed by atoms with E-state index in [-0.39, 0.29) is 50.1 Å². The molecule has 9 heteroatoms. The fourth-order valence-electron chi connectivity index (χ4n) is 7.85. The third-order valence-electron chi connectivity index (χ3n) is 10.2. The maximum atomic E-state index is 14.1. The molecule has 1 aliphatic carbocycles. The molecule has 0 aromatic rings. The van der Waals surface area contributed by atoms with Gasteiger partial charge in [-0.2, -0.15) is 0 Å². The van der Waals surface area contributed by atoms with E-state index in [1.165, 1.54) is 0 Å². The normalized spacial score (nSPS) is 46.0. The number of fused-ring (bicyclic) bond motifs is 2. The number of ether oxygens (including phenoxy) is 4. The van der Waals surface area contributed by atoms with Crippen LogP contribution in [0.2, 0.25) is 0 Å². The lowest BCUT2D eigenvalue weighted by atomic mass is 9.71. The van der Waals surface area contributed by atoms with Crippen LogP contribution < -0.4 is 0 Å². The lowest BCUT2D eigenvalue weighted by Gasteiger charge is -2.51. The van der Waals surface area contributed by atoms with Crippen LogP contribution in [0.3, 0.4) is 0 Å². The van der Waals surface area contributed by atoms with Gasteiger partial charge in [0.05, 0.1) is 24.9 Å². The van der Waals surface area contributed by atoms with Crippen molar-refractivity contribution in [3.63, 3.8) is 0 Å². The molecular weight excluding hydrogens is 576 g/mol. The summed E-state index contributed by atoms with van der Waals surface area (Å²) in [6, 6.07) is 0. The molecule has 4 N–H and O–H groups in total. The van der Waals surface area contributed by atoms with Gasteiger partial charge in [0.15, 0.2) is 5.79 Å². The van der Waals surface area contributed by atoms with E-state index < -0.39 is 47.7 Å². The Morgan fingerprint density at radius 3 is 2.62 bits per heavy atom. The Morgan fingerprint density at radius 2 is 1.91 bits per heavy atom. The molecule has 0 unspecified atom stereocenters. The number of carbonyl (C=O) groups excluding carboxylic acids is 1. The first-order chi connectivity index (χ1) is 21.3. The van der Waals surface area contributed by atoms with Gasteiger partial charge in [0.2, 0.25) is 0 Å². The molecule has 1 spiro atoms. The van der Waals surface area contributed by atoms with Crippen molar-refractivity contribution in [2.75, 3.05) is 13.2 Å². The van der Waals surface area contributed by atoms with Crippen LogP contribution in [0.1, 0.15) is 73.6 Å². The SMILES string of the molecule is CC1=C[C@H]2C(=O)O[C@H]3C[C@@H](C/C=C(\C)C[C@@H](CO)/C=C/C=C4\CO[C@H]([C@@H]1O)[C@@]42O)O[C@]1(C3)C[C@H](O)[C@H](C)[C@@H](/C(C)=C/C(C)C)O1. The Morgan fingerprint density at radius 1 is 1.16 bits per heavy atom. The molecule has 3 fully saturated rings. The first-order valence-corrected chi connectivity index (χ1v) is 16.5. The summed E-state index contributed by atoms with van der Waals surface area (Å²) in [6.07, 6.45) is 9.18. The van der Waals surface area contributed by atoms with Crippen molar-refractivity contribution in [1.82, 2.24) is 0 Å². The van der Waals surface area contributed by atoms with Gasteiger partial charge in [-0.25, -0.2) is 0 Å². The molecule has 9 nitrogen and oxygen atoms in total. The summed E-state index contributed by atoms with van der Waals surface area (Å²) in [5, 5.41) is 44.5. The number of allylic oxidation sites excluding steroid dienone is 4. The fourth-order valence-corrected chi connectivity index (χ4v) is 7.85. The molecule has 5 rings (SSSR count). The third kappa shape index (κ3) is 6.96. The number of esters is 1. The highest BCUT2D eigenvalue weighted by Crippen LogP contribution is 2.47. The Labute approximate surface area is 267 Å². The zero-order valence-corrected chi connectivity index (χ0v) is 27.5. The molecule has 45 heavy (non-hydrogen) atoms. The van der Waals surface area contributed by atoms with Gasteiger partial charge in [0.1, 0.15) is 29.8 Å². The maximum absolute atomic E-state index is 14.1. The van der Waals surface area contributed by atoms with E-state index in [2.05, 4.69) is 26.0 Å². The summed E-state index contributed by atoms with van der Waals surface area (Å²) in [7, 11) is 0. The molecule has 11 atom stereocenters. The average Bonchev–Trinajstić information content (AvgIpc) is 3.31. The van der Waals surface area contributed by atoms with Gasteiger partial charge in [0.25, 0.3) is 0 Å². The van der Waals surface area contributed by atoms with Crippen LogP contribution in [0.15, 0.2) is 58.7 Å². The zero-order valence-electron chi connectivity index (χ0n) is 27.5. The Balaban J connectivity index is 1.53. The van der Waals surface area contributed by atoms with Crippen LogP contribution in [0, 0.1) is 23.7 Å². The van der Waals surface area contributed by atoms with Crippen LogP contribution in [-0.2, 0) is 23.7 Å². The molecule has 0 saturated carbocycles. The van der Waals surface area contributed by atoms with Gasteiger partial charge in [-0.05, 0) is 56.3 Å². The maximum Gasteiger partial charge on any atom is 0.316 e. The van der Waals surface area contributed by atoms with Gasteiger partial charge in [-0.1, -0.05) is 62.8 Å². The summed E-state index contributed by atoms with van der Waals surface area (Å²) in [5.74, 6) is -2.88. The second-order valence-corrected chi connectivity index (χ2v) is 14.4. The van der Waals surface area contributed by atoms with Crippen LogP contribution in [0.25, 0.3) is 0 Å². The van der Waals surface area contributed by atoms with Crippen molar-refractivity contribution in [2.45, 2.75) is 122 Å². The highest BCUT2D eigenvalue weighted by atomic mass is 16.7. The lowest BCUT2D eigenvalue weighted by Crippen LogP contribution is -2.59. The van der Waals surface area contributed by atoms with E-state index >= 15 is 0 Å². The number of hydrogen-bond donors (Lipinski definition) is 4. The van der Waals surface area contributed by atoms with Crippen molar-refractivity contribution in [2.24, 2.45) is 23.7 Å². The Hall–Kier alpha value is -2.11. The molecule has 2 bridgehead atoms. The number of carbonyl (C=O) groups is 1. The van der Waals surface area contributed by atoms with Gasteiger partial charge in [0, 0.05) is 37.7 Å². The average molecular weight is 629 g/mol. The molecule has 0 aromatic heterocycles. The van der Waals surface area contributed by atoms with Crippen molar-refractivity contribution in [3.8, 4) is 0 Å². The molecule has 3 saturated heterocycles. The van der Waals surface area contributed by atoms with Gasteiger partial charge >= 0.3 is 5.97 Å². The van der Waals surface area contributed by atoms with Crippen LogP contribution >= 0.6 is 0 Å².